The van der Waals surface area contributed by atoms with Gasteiger partial charge in [-0.3, -0.25) is 14.7 Å². The van der Waals surface area contributed by atoms with Gasteiger partial charge in [0.2, 0.25) is 0 Å². The maximum Gasteiger partial charge on any atom is 0.417 e. The van der Waals surface area contributed by atoms with Gasteiger partial charge in [0.1, 0.15) is 0 Å². The van der Waals surface area contributed by atoms with Gasteiger partial charge in [0.15, 0.2) is 0 Å². The zero-order valence-electron chi connectivity index (χ0n) is 13.1. The summed E-state index contributed by atoms with van der Waals surface area (Å²) in [4.78, 5) is 20.7. The number of thiophene rings is 1. The second-order valence-electron chi connectivity index (χ2n) is 5.70. The number of hydrogen-bond acceptors (Lipinski definition) is 4. The minimum Gasteiger partial charge on any atom is -0.335 e. The van der Waals surface area contributed by atoms with Crippen LogP contribution in [0.4, 0.5) is 13.2 Å². The van der Waals surface area contributed by atoms with Crippen LogP contribution in [-0.2, 0) is 12.7 Å². The first-order valence-electron chi connectivity index (χ1n) is 7.61. The standard InChI is InChI=1S/C16H15ClF3N3OS/c17-12-8-11(16(18,19)20)9-21-13(12)10-22-3-5-23(6-4-22)15(24)14-2-1-7-25-14/h1-2,7-9H,3-6,10H2. The molecule has 0 unspecified atom stereocenters. The van der Waals surface area contributed by atoms with Crippen LogP contribution in [0.2, 0.25) is 5.02 Å². The fourth-order valence-electron chi connectivity index (χ4n) is 2.61. The molecule has 25 heavy (non-hydrogen) atoms. The molecule has 0 aromatic carbocycles. The number of nitrogens with zero attached hydrogens (tertiary/aromatic N) is 3. The molecule has 134 valence electrons. The molecule has 1 aliphatic rings. The van der Waals surface area contributed by atoms with Gasteiger partial charge in [-0.1, -0.05) is 17.7 Å². The summed E-state index contributed by atoms with van der Waals surface area (Å²) in [5.74, 6) is 0.0142. The lowest BCUT2D eigenvalue weighted by Crippen LogP contribution is -2.48. The van der Waals surface area contributed by atoms with Gasteiger partial charge in [0.25, 0.3) is 5.91 Å². The smallest absolute Gasteiger partial charge is 0.335 e. The van der Waals surface area contributed by atoms with E-state index in [9.17, 15) is 18.0 Å². The zero-order chi connectivity index (χ0) is 18.0. The Hall–Kier alpha value is -1.64. The number of amides is 1. The van der Waals surface area contributed by atoms with Crippen molar-refractivity contribution < 1.29 is 18.0 Å². The van der Waals surface area contributed by atoms with Gasteiger partial charge < -0.3 is 4.90 Å². The number of carbonyl (C=O) groups is 1. The Morgan fingerprint density at radius 2 is 2.00 bits per heavy atom. The third kappa shape index (κ3) is 4.31. The molecule has 1 fully saturated rings. The quantitative estimate of drug-likeness (QED) is 0.801. The second kappa shape index (κ2) is 7.31. The number of hydrogen-bond donors (Lipinski definition) is 0. The van der Waals surface area contributed by atoms with E-state index in [1.807, 2.05) is 16.3 Å². The summed E-state index contributed by atoms with van der Waals surface area (Å²) in [5, 5.41) is 1.87. The fourth-order valence-corrected chi connectivity index (χ4v) is 3.53. The van der Waals surface area contributed by atoms with Crippen LogP contribution in [0.5, 0.6) is 0 Å². The number of alkyl halides is 3. The molecule has 1 amide bonds. The molecule has 0 bridgehead atoms. The van der Waals surface area contributed by atoms with Crippen LogP contribution in [0.15, 0.2) is 29.8 Å². The molecule has 3 heterocycles. The molecule has 3 rings (SSSR count). The molecule has 2 aromatic heterocycles. The topological polar surface area (TPSA) is 36.4 Å². The normalized spacial score (nSPS) is 16.2. The van der Waals surface area contributed by atoms with E-state index in [1.54, 1.807) is 11.0 Å². The predicted molar refractivity (Wildman–Crippen MR) is 89.7 cm³/mol. The van der Waals surface area contributed by atoms with Crippen molar-refractivity contribution in [3.63, 3.8) is 0 Å². The number of piperazine rings is 1. The van der Waals surface area contributed by atoms with E-state index in [0.717, 1.165) is 12.3 Å². The van der Waals surface area contributed by atoms with Crippen LogP contribution in [0, 0.1) is 0 Å². The molecule has 0 saturated carbocycles. The first-order valence-corrected chi connectivity index (χ1v) is 8.87. The number of pyridine rings is 1. The number of carbonyl (C=O) groups excluding carboxylic acids is 1. The third-order valence-corrected chi connectivity index (χ3v) is 5.19. The summed E-state index contributed by atoms with van der Waals surface area (Å²) in [6, 6.07) is 4.54. The van der Waals surface area contributed by atoms with Crippen molar-refractivity contribution in [3.05, 3.63) is 50.9 Å². The summed E-state index contributed by atoms with van der Waals surface area (Å²) < 4.78 is 37.9. The van der Waals surface area contributed by atoms with Gasteiger partial charge in [0, 0.05) is 38.9 Å². The third-order valence-electron chi connectivity index (χ3n) is 4.01. The monoisotopic (exact) mass is 389 g/mol. The van der Waals surface area contributed by atoms with Gasteiger partial charge in [-0.15, -0.1) is 11.3 Å². The van der Waals surface area contributed by atoms with E-state index in [4.69, 9.17) is 11.6 Å². The highest BCUT2D eigenvalue weighted by atomic mass is 35.5. The van der Waals surface area contributed by atoms with E-state index in [2.05, 4.69) is 4.98 Å². The maximum atomic E-state index is 12.6. The second-order valence-corrected chi connectivity index (χ2v) is 7.05. The van der Waals surface area contributed by atoms with Crippen LogP contribution >= 0.6 is 22.9 Å². The van der Waals surface area contributed by atoms with Crippen molar-refractivity contribution in [1.82, 2.24) is 14.8 Å². The van der Waals surface area contributed by atoms with Crippen LogP contribution in [0.25, 0.3) is 0 Å². The minimum atomic E-state index is -4.46. The Kier molecular flexibility index (Phi) is 5.31. The van der Waals surface area contributed by atoms with Gasteiger partial charge in [-0.05, 0) is 17.5 Å². The molecular formula is C16H15ClF3N3OS. The lowest BCUT2D eigenvalue weighted by atomic mass is 10.2. The van der Waals surface area contributed by atoms with E-state index >= 15 is 0 Å². The van der Waals surface area contributed by atoms with E-state index in [-0.39, 0.29) is 10.9 Å². The first-order chi connectivity index (χ1) is 11.8. The zero-order valence-corrected chi connectivity index (χ0v) is 14.7. The van der Waals surface area contributed by atoms with Gasteiger partial charge in [-0.25, -0.2) is 0 Å². The highest BCUT2D eigenvalue weighted by Crippen LogP contribution is 2.31. The lowest BCUT2D eigenvalue weighted by molar-refractivity contribution is -0.137. The number of rotatable bonds is 3. The molecular weight excluding hydrogens is 375 g/mol. The summed E-state index contributed by atoms with van der Waals surface area (Å²) >= 11 is 7.36. The predicted octanol–water partition coefficient (Wildman–Crippen LogP) is 3.77. The van der Waals surface area contributed by atoms with Crippen LogP contribution in [0.1, 0.15) is 20.9 Å². The molecule has 9 heteroatoms. The molecule has 0 N–H and O–H groups in total. The minimum absolute atomic E-state index is 0.00640. The van der Waals surface area contributed by atoms with Crippen molar-refractivity contribution in [1.29, 1.82) is 0 Å². The molecule has 0 spiro atoms. The Bertz CT molecular complexity index is 744. The van der Waals surface area contributed by atoms with Crippen molar-refractivity contribution in [2.24, 2.45) is 0 Å². The highest BCUT2D eigenvalue weighted by molar-refractivity contribution is 7.12. The van der Waals surface area contributed by atoms with Crippen molar-refractivity contribution in [2.45, 2.75) is 12.7 Å². The van der Waals surface area contributed by atoms with Crippen LogP contribution < -0.4 is 0 Å². The molecule has 4 nitrogen and oxygen atoms in total. The molecule has 0 atom stereocenters. The number of aromatic nitrogens is 1. The van der Waals surface area contributed by atoms with Crippen LogP contribution in [-0.4, -0.2) is 46.9 Å². The average molecular weight is 390 g/mol. The summed E-state index contributed by atoms with van der Waals surface area (Å²) in [6.45, 7) is 2.73. The van der Waals surface area contributed by atoms with Crippen LogP contribution in [0.3, 0.4) is 0 Å². The first kappa shape index (κ1) is 18.2. The molecule has 0 aliphatic carbocycles. The molecule has 0 radical (unpaired) electrons. The van der Waals surface area contributed by atoms with E-state index in [0.29, 0.717) is 43.3 Å². The number of halogens is 4. The largest absolute Gasteiger partial charge is 0.417 e. The Morgan fingerprint density at radius 3 is 2.56 bits per heavy atom. The Balaban J connectivity index is 1.58. The molecule has 2 aromatic rings. The Labute approximate surface area is 151 Å². The Morgan fingerprint density at radius 1 is 1.28 bits per heavy atom. The van der Waals surface area contributed by atoms with Gasteiger partial charge in [-0.2, -0.15) is 13.2 Å². The van der Waals surface area contributed by atoms with Crippen molar-refractivity contribution in [2.75, 3.05) is 26.2 Å². The average Bonchev–Trinajstić information content (AvgIpc) is 3.10. The maximum absolute atomic E-state index is 12.6. The summed E-state index contributed by atoms with van der Waals surface area (Å²) in [7, 11) is 0. The van der Waals surface area contributed by atoms with Crippen molar-refractivity contribution >= 4 is 28.8 Å². The summed E-state index contributed by atoms with van der Waals surface area (Å²) in [5.41, 5.74) is -0.444. The molecule has 1 aliphatic heterocycles. The van der Waals surface area contributed by atoms with Gasteiger partial charge >= 0.3 is 6.18 Å². The summed E-state index contributed by atoms with van der Waals surface area (Å²) in [6.07, 6.45) is -3.65. The van der Waals surface area contributed by atoms with Gasteiger partial charge in [0.05, 0.1) is 21.2 Å². The van der Waals surface area contributed by atoms with Crippen molar-refractivity contribution in [3.8, 4) is 0 Å². The van der Waals surface area contributed by atoms with E-state index in [1.165, 1.54) is 11.3 Å². The highest BCUT2D eigenvalue weighted by Gasteiger charge is 2.32. The fraction of sp³-hybridized carbons (Fsp3) is 0.375. The molecule has 1 saturated heterocycles. The lowest BCUT2D eigenvalue weighted by Gasteiger charge is -2.34. The van der Waals surface area contributed by atoms with E-state index < -0.39 is 11.7 Å². The SMILES string of the molecule is O=C(c1cccs1)N1CCN(Cc2ncc(C(F)(F)F)cc2Cl)CC1.